The summed E-state index contributed by atoms with van der Waals surface area (Å²) in [4.78, 5) is 22.5. The van der Waals surface area contributed by atoms with Crippen molar-refractivity contribution in [3.63, 3.8) is 0 Å². The SMILES string of the molecule is O=C(Oc1ccccc1)c1ccc2nc3c4ccccc4c4ccccc4c3nc2c1. The van der Waals surface area contributed by atoms with E-state index in [1.54, 1.807) is 24.3 Å². The summed E-state index contributed by atoms with van der Waals surface area (Å²) in [5, 5.41) is 4.40. The molecule has 5 aromatic carbocycles. The van der Waals surface area contributed by atoms with Crippen molar-refractivity contribution in [1.29, 1.82) is 0 Å². The van der Waals surface area contributed by atoms with E-state index < -0.39 is 5.97 Å². The van der Waals surface area contributed by atoms with Crippen LogP contribution in [0.15, 0.2) is 97.1 Å². The third-order valence-corrected chi connectivity index (χ3v) is 5.51. The number of hydrogen-bond acceptors (Lipinski definition) is 4. The lowest BCUT2D eigenvalue weighted by Crippen LogP contribution is -2.08. The minimum atomic E-state index is -0.418. The maximum absolute atomic E-state index is 12.6. The van der Waals surface area contributed by atoms with Crippen LogP contribution in [-0.2, 0) is 0 Å². The number of benzene rings is 5. The Kier molecular flexibility index (Phi) is 3.90. The van der Waals surface area contributed by atoms with E-state index in [0.717, 1.165) is 38.1 Å². The highest BCUT2D eigenvalue weighted by Crippen LogP contribution is 2.34. The second kappa shape index (κ2) is 6.89. The normalized spacial score (nSPS) is 11.4. The van der Waals surface area contributed by atoms with Gasteiger partial charge >= 0.3 is 5.97 Å². The zero-order valence-electron chi connectivity index (χ0n) is 16.4. The lowest BCUT2D eigenvalue weighted by molar-refractivity contribution is 0.0735. The van der Waals surface area contributed by atoms with Gasteiger partial charge in [0, 0.05) is 10.8 Å². The molecule has 0 unspecified atom stereocenters. The molecule has 0 spiro atoms. The molecule has 0 aliphatic rings. The summed E-state index contributed by atoms with van der Waals surface area (Å²) in [6.07, 6.45) is 0. The molecule has 0 saturated heterocycles. The van der Waals surface area contributed by atoms with Crippen LogP contribution in [0.25, 0.3) is 43.6 Å². The summed E-state index contributed by atoms with van der Waals surface area (Å²) in [6, 6.07) is 30.8. The van der Waals surface area contributed by atoms with Gasteiger partial charge < -0.3 is 4.74 Å². The summed E-state index contributed by atoms with van der Waals surface area (Å²) in [5.74, 6) is 0.0908. The van der Waals surface area contributed by atoms with Gasteiger partial charge in [-0.3, -0.25) is 0 Å². The Bertz CT molecular complexity index is 1630. The number of carbonyl (C=O) groups is 1. The van der Waals surface area contributed by atoms with Crippen molar-refractivity contribution in [2.45, 2.75) is 0 Å². The molecule has 0 aliphatic heterocycles. The number of ether oxygens (including phenoxy) is 1. The van der Waals surface area contributed by atoms with Gasteiger partial charge in [-0.2, -0.15) is 0 Å². The molecular weight excluding hydrogens is 384 g/mol. The van der Waals surface area contributed by atoms with E-state index in [1.807, 2.05) is 48.5 Å². The van der Waals surface area contributed by atoms with Gasteiger partial charge in [0.05, 0.1) is 27.6 Å². The second-order valence-corrected chi connectivity index (χ2v) is 7.42. The predicted octanol–water partition coefficient (Wildman–Crippen LogP) is 6.31. The Hall–Kier alpha value is -4.31. The predicted molar refractivity (Wildman–Crippen MR) is 123 cm³/mol. The summed E-state index contributed by atoms with van der Waals surface area (Å²) in [7, 11) is 0. The summed E-state index contributed by atoms with van der Waals surface area (Å²) >= 11 is 0. The number of carbonyl (C=O) groups excluding carboxylic acids is 1. The van der Waals surface area contributed by atoms with E-state index in [2.05, 4.69) is 24.3 Å². The minimum Gasteiger partial charge on any atom is -0.423 e. The number of aromatic nitrogens is 2. The van der Waals surface area contributed by atoms with Crippen LogP contribution < -0.4 is 4.74 Å². The molecule has 6 rings (SSSR count). The Balaban J connectivity index is 1.57. The molecule has 31 heavy (non-hydrogen) atoms. The van der Waals surface area contributed by atoms with E-state index >= 15 is 0 Å². The highest BCUT2D eigenvalue weighted by Gasteiger charge is 2.14. The van der Waals surface area contributed by atoms with Crippen LogP contribution in [-0.4, -0.2) is 15.9 Å². The van der Waals surface area contributed by atoms with Crippen LogP contribution in [0.1, 0.15) is 10.4 Å². The van der Waals surface area contributed by atoms with E-state index in [1.165, 1.54) is 0 Å². The molecule has 0 aliphatic carbocycles. The van der Waals surface area contributed by atoms with Gasteiger partial charge in [0.2, 0.25) is 0 Å². The molecule has 4 heteroatoms. The van der Waals surface area contributed by atoms with Gasteiger partial charge in [0.1, 0.15) is 5.75 Å². The highest BCUT2D eigenvalue weighted by molar-refractivity contribution is 6.23. The highest BCUT2D eigenvalue weighted by atomic mass is 16.5. The first-order valence-corrected chi connectivity index (χ1v) is 10.1. The fourth-order valence-corrected chi connectivity index (χ4v) is 4.06. The molecule has 1 heterocycles. The molecule has 4 nitrogen and oxygen atoms in total. The molecular formula is C27H16N2O2. The molecule has 0 atom stereocenters. The molecule has 0 amide bonds. The zero-order valence-corrected chi connectivity index (χ0v) is 16.4. The first-order chi connectivity index (χ1) is 15.3. The molecule has 0 radical (unpaired) electrons. The van der Waals surface area contributed by atoms with Crippen molar-refractivity contribution in [2.24, 2.45) is 0 Å². The van der Waals surface area contributed by atoms with Gasteiger partial charge in [-0.25, -0.2) is 14.8 Å². The van der Waals surface area contributed by atoms with E-state index in [9.17, 15) is 4.79 Å². The number of para-hydroxylation sites is 1. The van der Waals surface area contributed by atoms with Gasteiger partial charge in [-0.15, -0.1) is 0 Å². The average molecular weight is 400 g/mol. The van der Waals surface area contributed by atoms with Crippen LogP contribution in [0.4, 0.5) is 0 Å². The largest absolute Gasteiger partial charge is 0.423 e. The summed E-state index contributed by atoms with van der Waals surface area (Å²) < 4.78 is 5.48. The van der Waals surface area contributed by atoms with Gasteiger partial charge in [-0.05, 0) is 41.1 Å². The number of hydrogen-bond donors (Lipinski definition) is 0. The van der Waals surface area contributed by atoms with E-state index in [-0.39, 0.29) is 0 Å². The van der Waals surface area contributed by atoms with Crippen LogP contribution in [0.2, 0.25) is 0 Å². The van der Waals surface area contributed by atoms with Gasteiger partial charge in [-0.1, -0.05) is 66.7 Å². The number of rotatable bonds is 2. The Labute approximate surface area is 177 Å². The fraction of sp³-hybridized carbons (Fsp3) is 0. The standard InChI is InChI=1S/C27H16N2O2/c30-27(31-18-8-2-1-3-9-18)17-14-15-23-24(16-17)29-26-22-13-7-5-11-20(22)19-10-4-6-12-21(19)25(26)28-23/h1-16H. The van der Waals surface area contributed by atoms with Gasteiger partial charge in [0.25, 0.3) is 0 Å². The monoisotopic (exact) mass is 400 g/mol. The molecule has 0 fully saturated rings. The van der Waals surface area contributed by atoms with Crippen LogP contribution >= 0.6 is 0 Å². The fourth-order valence-electron chi connectivity index (χ4n) is 4.06. The van der Waals surface area contributed by atoms with Crippen molar-refractivity contribution in [1.82, 2.24) is 9.97 Å². The topological polar surface area (TPSA) is 52.1 Å². The third kappa shape index (κ3) is 2.89. The molecule has 0 bridgehead atoms. The minimum absolute atomic E-state index is 0.418. The maximum atomic E-state index is 12.6. The molecule has 1 aromatic heterocycles. The van der Waals surface area contributed by atoms with Crippen LogP contribution in [0.5, 0.6) is 5.75 Å². The Morgan fingerprint density at radius 1 is 0.581 bits per heavy atom. The van der Waals surface area contributed by atoms with E-state index in [0.29, 0.717) is 16.8 Å². The summed E-state index contributed by atoms with van der Waals surface area (Å²) in [6.45, 7) is 0. The molecule has 146 valence electrons. The Morgan fingerprint density at radius 2 is 1.13 bits per heavy atom. The molecule has 0 N–H and O–H groups in total. The quantitative estimate of drug-likeness (QED) is 0.148. The lowest BCUT2D eigenvalue weighted by Gasteiger charge is -2.10. The second-order valence-electron chi connectivity index (χ2n) is 7.42. The maximum Gasteiger partial charge on any atom is 0.343 e. The summed E-state index contributed by atoms with van der Waals surface area (Å²) in [5.41, 5.74) is 3.53. The first-order valence-electron chi connectivity index (χ1n) is 10.1. The van der Waals surface area contributed by atoms with Crippen molar-refractivity contribution in [3.8, 4) is 5.75 Å². The number of nitrogens with zero attached hydrogens (tertiary/aromatic N) is 2. The lowest BCUT2D eigenvalue weighted by atomic mass is 9.99. The zero-order chi connectivity index (χ0) is 20.8. The number of esters is 1. The van der Waals surface area contributed by atoms with E-state index in [4.69, 9.17) is 14.7 Å². The Morgan fingerprint density at radius 3 is 1.77 bits per heavy atom. The van der Waals surface area contributed by atoms with Gasteiger partial charge in [0.15, 0.2) is 0 Å². The van der Waals surface area contributed by atoms with Crippen molar-refractivity contribution in [2.75, 3.05) is 0 Å². The van der Waals surface area contributed by atoms with Crippen LogP contribution in [0.3, 0.4) is 0 Å². The van der Waals surface area contributed by atoms with Crippen molar-refractivity contribution in [3.05, 3.63) is 103 Å². The molecule has 0 saturated carbocycles. The van der Waals surface area contributed by atoms with Crippen molar-refractivity contribution < 1.29 is 9.53 Å². The third-order valence-electron chi connectivity index (χ3n) is 5.51. The average Bonchev–Trinajstić information content (AvgIpc) is 2.83. The smallest absolute Gasteiger partial charge is 0.343 e. The number of fused-ring (bicyclic) bond motifs is 7. The van der Waals surface area contributed by atoms with Crippen LogP contribution in [0, 0.1) is 0 Å². The first kappa shape index (κ1) is 17.5. The molecule has 6 aromatic rings. The van der Waals surface area contributed by atoms with Crippen molar-refractivity contribution >= 4 is 49.6 Å².